The van der Waals surface area contributed by atoms with Gasteiger partial charge in [0.25, 0.3) is 0 Å². The summed E-state index contributed by atoms with van der Waals surface area (Å²) < 4.78 is 0. The number of likely N-dealkylation sites (tertiary alicyclic amines) is 1. The average Bonchev–Trinajstić information content (AvgIpc) is 3.47. The van der Waals surface area contributed by atoms with Gasteiger partial charge < -0.3 is 26.0 Å². The predicted molar refractivity (Wildman–Crippen MR) is 174 cm³/mol. The van der Waals surface area contributed by atoms with E-state index in [4.69, 9.17) is 0 Å². The molecular formula is C34H60N4O6. The molecular weight excluding hydrogens is 560 g/mol. The topological polar surface area (TPSA) is 145 Å². The number of unbranched alkanes of at least 4 members (excludes halogenated alkanes) is 11. The maximum absolute atomic E-state index is 13.1. The fourth-order valence-electron chi connectivity index (χ4n) is 5.45. The summed E-state index contributed by atoms with van der Waals surface area (Å²) >= 11 is 0. The number of carbonyl (C=O) groups excluding carboxylic acids is 4. The number of amides is 4. The lowest BCUT2D eigenvalue weighted by Gasteiger charge is -2.29. The molecule has 1 aliphatic rings. The summed E-state index contributed by atoms with van der Waals surface area (Å²) in [6.07, 6.45) is 21.4. The van der Waals surface area contributed by atoms with Crippen molar-refractivity contribution in [1.82, 2.24) is 20.9 Å². The van der Waals surface area contributed by atoms with E-state index in [1.165, 1.54) is 49.8 Å². The minimum atomic E-state index is -1.13. The molecule has 4 atom stereocenters. The number of carbonyl (C=O) groups is 5. The molecule has 1 fully saturated rings. The molecule has 0 aliphatic carbocycles. The first-order valence-corrected chi connectivity index (χ1v) is 17.1. The summed E-state index contributed by atoms with van der Waals surface area (Å²) in [5.41, 5.74) is 0. The van der Waals surface area contributed by atoms with Gasteiger partial charge in [-0.3, -0.25) is 19.2 Å². The van der Waals surface area contributed by atoms with Crippen LogP contribution in [0.2, 0.25) is 0 Å². The zero-order valence-corrected chi connectivity index (χ0v) is 28.0. The number of aliphatic carboxylic acids is 1. The van der Waals surface area contributed by atoms with Crippen LogP contribution in [-0.4, -0.2) is 70.3 Å². The molecule has 252 valence electrons. The van der Waals surface area contributed by atoms with Crippen molar-refractivity contribution in [2.45, 2.75) is 162 Å². The van der Waals surface area contributed by atoms with Gasteiger partial charge in [0.2, 0.25) is 23.6 Å². The van der Waals surface area contributed by atoms with Crippen LogP contribution in [0.4, 0.5) is 0 Å². The number of rotatable bonds is 23. The second-order valence-electron chi connectivity index (χ2n) is 12.6. The number of nitrogens with zero attached hydrogens (tertiary/aromatic N) is 1. The third-order valence-electron chi connectivity index (χ3n) is 8.23. The minimum Gasteiger partial charge on any atom is -0.480 e. The number of allylic oxidation sites excluding steroid dienone is 2. The summed E-state index contributed by atoms with van der Waals surface area (Å²) in [5, 5.41) is 17.3. The molecule has 0 unspecified atom stereocenters. The Balaban J connectivity index is 2.27. The maximum Gasteiger partial charge on any atom is 0.326 e. The van der Waals surface area contributed by atoms with Gasteiger partial charge in [-0.25, -0.2) is 4.79 Å². The lowest BCUT2D eigenvalue weighted by molar-refractivity contribution is -0.145. The molecule has 10 heteroatoms. The van der Waals surface area contributed by atoms with E-state index in [0.717, 1.165) is 38.5 Å². The van der Waals surface area contributed by atoms with Crippen LogP contribution in [0.3, 0.4) is 0 Å². The highest BCUT2D eigenvalue weighted by Gasteiger charge is 2.38. The van der Waals surface area contributed by atoms with Crippen LogP contribution in [0.5, 0.6) is 0 Å². The summed E-state index contributed by atoms with van der Waals surface area (Å²) in [5.74, 6) is -3.04. The van der Waals surface area contributed by atoms with Crippen LogP contribution < -0.4 is 16.0 Å². The van der Waals surface area contributed by atoms with Gasteiger partial charge in [-0.15, -0.1) is 0 Å². The lowest BCUT2D eigenvalue weighted by Crippen LogP contribution is -2.56. The van der Waals surface area contributed by atoms with Crippen molar-refractivity contribution in [2.24, 2.45) is 5.92 Å². The smallest absolute Gasteiger partial charge is 0.326 e. The molecule has 0 aromatic rings. The van der Waals surface area contributed by atoms with E-state index in [9.17, 15) is 29.1 Å². The molecule has 0 spiro atoms. The SMILES string of the molecule is CCCCCCCCC=CCCCCCCCC(=O)N[C@@H](C)C(=O)N[C@@H](C)C(=O)N1CCC[C@H]1C(=O)N[C@H](C(=O)O)C(C)C. The quantitative estimate of drug-likeness (QED) is 0.0907. The molecule has 0 aromatic heterocycles. The van der Waals surface area contributed by atoms with Crippen molar-refractivity contribution in [1.29, 1.82) is 0 Å². The zero-order valence-electron chi connectivity index (χ0n) is 28.0. The third-order valence-corrected chi connectivity index (χ3v) is 8.23. The van der Waals surface area contributed by atoms with Crippen LogP contribution in [0, 0.1) is 5.92 Å². The van der Waals surface area contributed by atoms with Crippen LogP contribution in [0.1, 0.15) is 137 Å². The molecule has 0 aromatic carbocycles. The average molecular weight is 621 g/mol. The fraction of sp³-hybridized carbons (Fsp3) is 0.794. The Morgan fingerprint density at radius 1 is 0.773 bits per heavy atom. The van der Waals surface area contributed by atoms with Crippen LogP contribution in [0.25, 0.3) is 0 Å². The molecule has 44 heavy (non-hydrogen) atoms. The van der Waals surface area contributed by atoms with E-state index in [2.05, 4.69) is 35.0 Å². The standard InChI is InChI=1S/C34H60N4O6/c1-6-7-8-9-10-11-12-13-14-15-16-17-18-19-20-23-29(39)35-26(4)31(40)36-27(5)33(42)38-24-21-22-28(38)32(41)37-30(25(2)3)34(43)44/h13-14,25-28,30H,6-12,15-24H2,1-5H3,(H,35,39)(H,36,40)(H,37,41)(H,43,44)/t26-,27-,28-,30-/m0/s1. The number of nitrogens with one attached hydrogen (secondary N) is 3. The van der Waals surface area contributed by atoms with Crippen molar-refractivity contribution >= 4 is 29.6 Å². The second-order valence-corrected chi connectivity index (χ2v) is 12.6. The number of hydrogen-bond donors (Lipinski definition) is 4. The predicted octanol–water partition coefficient (Wildman–Crippen LogP) is 5.25. The Kier molecular flexibility index (Phi) is 20.1. The molecule has 4 amide bonds. The normalized spacial score (nSPS) is 17.0. The first-order chi connectivity index (χ1) is 21.0. The van der Waals surface area contributed by atoms with E-state index in [0.29, 0.717) is 25.8 Å². The molecule has 1 saturated heterocycles. The van der Waals surface area contributed by atoms with Crippen LogP contribution >= 0.6 is 0 Å². The van der Waals surface area contributed by atoms with Gasteiger partial charge in [0.15, 0.2) is 0 Å². The molecule has 4 N–H and O–H groups in total. The first kappa shape index (κ1) is 39.1. The van der Waals surface area contributed by atoms with Gasteiger partial charge in [-0.1, -0.05) is 84.3 Å². The summed E-state index contributed by atoms with van der Waals surface area (Å²) in [7, 11) is 0. The Hall–Kier alpha value is -2.91. The molecule has 0 bridgehead atoms. The second kappa shape index (κ2) is 22.6. The van der Waals surface area contributed by atoms with Crippen molar-refractivity contribution < 1.29 is 29.1 Å². The highest BCUT2D eigenvalue weighted by molar-refractivity contribution is 5.95. The third kappa shape index (κ3) is 15.7. The fourth-order valence-corrected chi connectivity index (χ4v) is 5.45. The summed E-state index contributed by atoms with van der Waals surface area (Å²) in [4.78, 5) is 63.8. The van der Waals surface area contributed by atoms with Crippen LogP contribution in [-0.2, 0) is 24.0 Å². The van der Waals surface area contributed by atoms with E-state index < -0.39 is 47.9 Å². The van der Waals surface area contributed by atoms with E-state index in [1.54, 1.807) is 27.7 Å². The molecule has 1 aliphatic heterocycles. The van der Waals surface area contributed by atoms with E-state index in [-0.39, 0.29) is 11.8 Å². The van der Waals surface area contributed by atoms with Crippen molar-refractivity contribution in [3.05, 3.63) is 12.2 Å². The Bertz CT molecular complexity index is 921. The molecule has 1 rings (SSSR count). The highest BCUT2D eigenvalue weighted by Crippen LogP contribution is 2.19. The zero-order chi connectivity index (χ0) is 32.9. The maximum atomic E-state index is 13.1. The Morgan fingerprint density at radius 3 is 1.91 bits per heavy atom. The van der Waals surface area contributed by atoms with Gasteiger partial charge in [-0.2, -0.15) is 0 Å². The van der Waals surface area contributed by atoms with Gasteiger partial charge in [0.05, 0.1) is 0 Å². The van der Waals surface area contributed by atoms with E-state index >= 15 is 0 Å². The van der Waals surface area contributed by atoms with Gasteiger partial charge in [0, 0.05) is 13.0 Å². The van der Waals surface area contributed by atoms with Crippen molar-refractivity contribution in [3.63, 3.8) is 0 Å². The molecule has 0 radical (unpaired) electrons. The molecule has 0 saturated carbocycles. The van der Waals surface area contributed by atoms with Crippen molar-refractivity contribution in [3.8, 4) is 0 Å². The van der Waals surface area contributed by atoms with Gasteiger partial charge >= 0.3 is 5.97 Å². The largest absolute Gasteiger partial charge is 0.480 e. The molecule has 1 heterocycles. The number of carboxylic acid groups (broad SMARTS) is 1. The highest BCUT2D eigenvalue weighted by atomic mass is 16.4. The van der Waals surface area contributed by atoms with Crippen molar-refractivity contribution in [2.75, 3.05) is 6.54 Å². The Morgan fingerprint density at radius 2 is 1.34 bits per heavy atom. The van der Waals surface area contributed by atoms with Gasteiger partial charge in [0.1, 0.15) is 24.2 Å². The minimum absolute atomic E-state index is 0.196. The number of hydrogen-bond acceptors (Lipinski definition) is 5. The van der Waals surface area contributed by atoms with E-state index in [1.807, 2.05) is 0 Å². The number of carboxylic acids is 1. The summed E-state index contributed by atoms with van der Waals surface area (Å²) in [6.45, 7) is 9.11. The Labute approximate surface area is 265 Å². The summed E-state index contributed by atoms with van der Waals surface area (Å²) in [6, 6.07) is -3.54. The lowest BCUT2D eigenvalue weighted by atomic mass is 10.0. The van der Waals surface area contributed by atoms with Crippen LogP contribution in [0.15, 0.2) is 12.2 Å². The molecule has 10 nitrogen and oxygen atoms in total. The van der Waals surface area contributed by atoms with Gasteiger partial charge in [-0.05, 0) is 64.7 Å². The first-order valence-electron chi connectivity index (χ1n) is 17.1. The monoisotopic (exact) mass is 620 g/mol.